The fourth-order valence-corrected chi connectivity index (χ4v) is 3.83. The van der Waals surface area contributed by atoms with Crippen LogP contribution in [0.1, 0.15) is 61.2 Å². The molecule has 0 spiro atoms. The highest BCUT2D eigenvalue weighted by atomic mass is 16.4. The summed E-state index contributed by atoms with van der Waals surface area (Å²) in [6.07, 6.45) is 5.59. The monoisotopic (exact) mass is 291 g/mol. The molecule has 3 rings (SSSR count). The molecule has 2 unspecified atom stereocenters. The van der Waals surface area contributed by atoms with E-state index in [2.05, 4.69) is 17.2 Å². The van der Waals surface area contributed by atoms with Crippen molar-refractivity contribution in [3.8, 4) is 0 Å². The lowest BCUT2D eigenvalue weighted by Gasteiger charge is -2.37. The Labute approximate surface area is 126 Å². The van der Waals surface area contributed by atoms with Crippen LogP contribution in [0.4, 0.5) is 0 Å². The molecule has 21 heavy (non-hydrogen) atoms. The summed E-state index contributed by atoms with van der Waals surface area (Å²) in [5, 5.41) is 3.64. The number of nitrogens with zero attached hydrogens (tertiary/aromatic N) is 2. The van der Waals surface area contributed by atoms with Crippen molar-refractivity contribution in [3.63, 3.8) is 0 Å². The molecule has 0 radical (unpaired) electrons. The molecule has 2 fully saturated rings. The summed E-state index contributed by atoms with van der Waals surface area (Å²) in [6.45, 7) is 6.55. The van der Waals surface area contributed by atoms with Crippen LogP contribution in [0.3, 0.4) is 0 Å². The molecule has 0 saturated carbocycles. The van der Waals surface area contributed by atoms with Gasteiger partial charge in [-0.3, -0.25) is 4.79 Å². The Kier molecular flexibility index (Phi) is 4.02. The van der Waals surface area contributed by atoms with Gasteiger partial charge in [0.2, 0.25) is 5.76 Å². The molecule has 2 atom stereocenters. The van der Waals surface area contributed by atoms with Crippen molar-refractivity contribution >= 4 is 5.91 Å². The number of aromatic nitrogens is 1. The van der Waals surface area contributed by atoms with Crippen molar-refractivity contribution in [1.82, 2.24) is 15.2 Å². The normalized spacial score (nSPS) is 27.9. The van der Waals surface area contributed by atoms with Gasteiger partial charge in [0, 0.05) is 31.6 Å². The standard InChI is InChI=1S/C16H25N3O2/c1-4-7-19(14-8-12-5-6-13(9-14)18-12)16(20)15-10(2)17-11(3)21-15/h12-14,18H,4-9H2,1-3H3. The van der Waals surface area contributed by atoms with E-state index < -0.39 is 0 Å². The molecule has 5 nitrogen and oxygen atoms in total. The number of rotatable bonds is 4. The van der Waals surface area contributed by atoms with E-state index in [9.17, 15) is 4.79 Å². The molecular weight excluding hydrogens is 266 g/mol. The minimum atomic E-state index is 0.0150. The maximum Gasteiger partial charge on any atom is 0.291 e. The minimum absolute atomic E-state index is 0.0150. The van der Waals surface area contributed by atoms with Gasteiger partial charge in [-0.2, -0.15) is 0 Å². The molecule has 0 aliphatic carbocycles. The molecule has 2 saturated heterocycles. The summed E-state index contributed by atoms with van der Waals surface area (Å²) >= 11 is 0. The van der Waals surface area contributed by atoms with Crippen molar-refractivity contribution in [2.24, 2.45) is 0 Å². The van der Waals surface area contributed by atoms with E-state index in [0.29, 0.717) is 35.5 Å². The quantitative estimate of drug-likeness (QED) is 0.925. The SMILES string of the molecule is CCCN(C(=O)c1oc(C)nc1C)C1CC2CCC(C1)N2. The molecule has 1 aromatic heterocycles. The van der Waals surface area contributed by atoms with Gasteiger partial charge in [0.15, 0.2) is 5.89 Å². The van der Waals surface area contributed by atoms with E-state index in [1.54, 1.807) is 6.92 Å². The first-order valence-electron chi connectivity index (χ1n) is 8.09. The number of carbonyl (C=O) groups is 1. The first-order chi connectivity index (χ1) is 10.1. The summed E-state index contributed by atoms with van der Waals surface area (Å²) < 4.78 is 5.55. The fraction of sp³-hybridized carbons (Fsp3) is 0.750. The number of hydrogen-bond donors (Lipinski definition) is 1. The lowest BCUT2D eigenvalue weighted by Crippen LogP contribution is -2.50. The number of piperidine rings is 1. The Morgan fingerprint density at radius 3 is 2.52 bits per heavy atom. The average molecular weight is 291 g/mol. The minimum Gasteiger partial charge on any atom is -0.436 e. The van der Waals surface area contributed by atoms with E-state index in [1.165, 1.54) is 12.8 Å². The molecule has 2 aliphatic rings. The molecule has 5 heteroatoms. The molecule has 2 aliphatic heterocycles. The summed E-state index contributed by atoms with van der Waals surface area (Å²) in [4.78, 5) is 19.1. The number of amides is 1. The number of fused-ring (bicyclic) bond motifs is 2. The van der Waals surface area contributed by atoms with Crippen molar-refractivity contribution in [2.75, 3.05) is 6.54 Å². The van der Waals surface area contributed by atoms with Crippen LogP contribution in [0.25, 0.3) is 0 Å². The summed E-state index contributed by atoms with van der Waals surface area (Å²) in [5.41, 5.74) is 0.704. The third-order valence-corrected chi connectivity index (χ3v) is 4.71. The zero-order valence-corrected chi connectivity index (χ0v) is 13.2. The van der Waals surface area contributed by atoms with E-state index in [-0.39, 0.29) is 5.91 Å². The van der Waals surface area contributed by atoms with Gasteiger partial charge in [-0.25, -0.2) is 4.98 Å². The third kappa shape index (κ3) is 2.84. The first-order valence-corrected chi connectivity index (χ1v) is 8.09. The van der Waals surface area contributed by atoms with Gasteiger partial charge in [0.25, 0.3) is 5.91 Å². The predicted molar refractivity (Wildman–Crippen MR) is 80.3 cm³/mol. The van der Waals surface area contributed by atoms with Crippen molar-refractivity contribution in [2.45, 2.75) is 71.0 Å². The zero-order chi connectivity index (χ0) is 15.0. The van der Waals surface area contributed by atoms with Crippen LogP contribution in [0, 0.1) is 13.8 Å². The van der Waals surface area contributed by atoms with Gasteiger partial charge in [0.1, 0.15) is 0 Å². The average Bonchev–Trinajstić information content (AvgIpc) is 2.97. The molecule has 2 bridgehead atoms. The van der Waals surface area contributed by atoms with Crippen LogP contribution < -0.4 is 5.32 Å². The van der Waals surface area contributed by atoms with E-state index >= 15 is 0 Å². The fourth-order valence-electron chi connectivity index (χ4n) is 3.83. The summed E-state index contributed by atoms with van der Waals surface area (Å²) in [5.74, 6) is 1.01. The lowest BCUT2D eigenvalue weighted by atomic mass is 9.97. The highest BCUT2D eigenvalue weighted by molar-refractivity contribution is 5.92. The molecule has 116 valence electrons. The molecule has 0 aromatic carbocycles. The Morgan fingerprint density at radius 2 is 2.00 bits per heavy atom. The maximum absolute atomic E-state index is 12.9. The predicted octanol–water partition coefficient (Wildman–Crippen LogP) is 2.43. The smallest absolute Gasteiger partial charge is 0.291 e. The molecule has 1 amide bonds. The summed E-state index contributed by atoms with van der Waals surface area (Å²) in [6, 6.07) is 1.50. The molecule has 3 heterocycles. The van der Waals surface area contributed by atoms with Gasteiger partial charge in [-0.05, 0) is 39.0 Å². The number of nitrogens with one attached hydrogen (secondary N) is 1. The van der Waals surface area contributed by atoms with Crippen LogP contribution in [0.15, 0.2) is 4.42 Å². The number of aryl methyl sites for hydroxylation is 2. The van der Waals surface area contributed by atoms with E-state index in [4.69, 9.17) is 4.42 Å². The van der Waals surface area contributed by atoms with Gasteiger partial charge in [-0.1, -0.05) is 6.92 Å². The van der Waals surface area contributed by atoms with Gasteiger partial charge in [0.05, 0.1) is 5.69 Å². The van der Waals surface area contributed by atoms with Crippen LogP contribution >= 0.6 is 0 Å². The number of oxazole rings is 1. The second kappa shape index (κ2) is 5.79. The van der Waals surface area contributed by atoms with Crippen LogP contribution in [0.5, 0.6) is 0 Å². The number of carbonyl (C=O) groups excluding carboxylic acids is 1. The second-order valence-corrected chi connectivity index (χ2v) is 6.41. The molecule has 1 N–H and O–H groups in total. The molecular formula is C16H25N3O2. The van der Waals surface area contributed by atoms with Gasteiger partial charge >= 0.3 is 0 Å². The highest BCUT2D eigenvalue weighted by Gasteiger charge is 2.38. The van der Waals surface area contributed by atoms with E-state index in [0.717, 1.165) is 25.8 Å². The zero-order valence-electron chi connectivity index (χ0n) is 13.2. The third-order valence-electron chi connectivity index (χ3n) is 4.71. The van der Waals surface area contributed by atoms with Crippen molar-refractivity contribution < 1.29 is 9.21 Å². The van der Waals surface area contributed by atoms with Crippen molar-refractivity contribution in [3.05, 3.63) is 17.3 Å². The Bertz CT molecular complexity index is 514. The summed E-state index contributed by atoms with van der Waals surface area (Å²) in [7, 11) is 0. The van der Waals surface area contributed by atoms with Gasteiger partial charge < -0.3 is 14.6 Å². The van der Waals surface area contributed by atoms with E-state index in [1.807, 2.05) is 11.8 Å². The Morgan fingerprint density at radius 1 is 1.33 bits per heavy atom. The Balaban J connectivity index is 1.80. The molecule has 1 aromatic rings. The first kappa shape index (κ1) is 14.6. The Hall–Kier alpha value is -1.36. The highest BCUT2D eigenvalue weighted by Crippen LogP contribution is 2.31. The van der Waals surface area contributed by atoms with Crippen LogP contribution in [-0.2, 0) is 0 Å². The van der Waals surface area contributed by atoms with Gasteiger partial charge in [-0.15, -0.1) is 0 Å². The van der Waals surface area contributed by atoms with Crippen LogP contribution in [-0.4, -0.2) is 40.5 Å². The largest absolute Gasteiger partial charge is 0.436 e. The second-order valence-electron chi connectivity index (χ2n) is 6.41. The topological polar surface area (TPSA) is 58.4 Å². The maximum atomic E-state index is 12.9. The van der Waals surface area contributed by atoms with Crippen molar-refractivity contribution in [1.29, 1.82) is 0 Å². The number of hydrogen-bond acceptors (Lipinski definition) is 4. The lowest BCUT2D eigenvalue weighted by molar-refractivity contribution is 0.0582. The van der Waals surface area contributed by atoms with Crippen LogP contribution in [0.2, 0.25) is 0 Å².